The third-order valence-electron chi connectivity index (χ3n) is 3.31. The van der Waals surface area contributed by atoms with Crippen molar-refractivity contribution in [3.05, 3.63) is 0 Å². The third-order valence-corrected chi connectivity index (χ3v) is 3.31. The van der Waals surface area contributed by atoms with E-state index in [9.17, 15) is 9.59 Å². The van der Waals surface area contributed by atoms with E-state index in [1.54, 1.807) is 4.90 Å². The van der Waals surface area contributed by atoms with Crippen LogP contribution in [0, 0.1) is 11.8 Å². The highest BCUT2D eigenvalue weighted by Gasteiger charge is 2.42. The summed E-state index contributed by atoms with van der Waals surface area (Å²) in [6, 6.07) is -0.191. The number of hydrogen-bond acceptors (Lipinski definition) is 2. The Morgan fingerprint density at radius 2 is 2.14 bits per heavy atom. The minimum Gasteiger partial charge on any atom is -0.345 e. The van der Waals surface area contributed by atoms with Gasteiger partial charge in [-0.3, -0.25) is 9.59 Å². The van der Waals surface area contributed by atoms with Gasteiger partial charge >= 0.3 is 0 Å². The van der Waals surface area contributed by atoms with Crippen LogP contribution < -0.4 is 5.32 Å². The second-order valence-corrected chi connectivity index (χ2v) is 4.52. The van der Waals surface area contributed by atoms with Gasteiger partial charge in [0, 0.05) is 6.54 Å². The van der Waals surface area contributed by atoms with Gasteiger partial charge in [0.1, 0.15) is 6.04 Å². The van der Waals surface area contributed by atoms with Gasteiger partial charge in [-0.15, -0.1) is 0 Å². The Bertz CT molecular complexity index is 251. The largest absolute Gasteiger partial charge is 0.345 e. The van der Waals surface area contributed by atoms with Crippen LogP contribution in [-0.2, 0) is 9.59 Å². The zero-order chi connectivity index (χ0) is 10.3. The maximum atomic E-state index is 11.5. The van der Waals surface area contributed by atoms with Gasteiger partial charge in [-0.2, -0.15) is 0 Å². The van der Waals surface area contributed by atoms with Crippen molar-refractivity contribution in [3.8, 4) is 0 Å². The van der Waals surface area contributed by atoms with Crippen LogP contribution in [0.4, 0.5) is 0 Å². The Balaban J connectivity index is 2.14. The fraction of sp³-hybridized carbons (Fsp3) is 0.800. The molecule has 0 aromatic heterocycles. The molecule has 2 heterocycles. The van der Waals surface area contributed by atoms with Crippen molar-refractivity contribution in [1.82, 2.24) is 10.2 Å². The van der Waals surface area contributed by atoms with Crippen LogP contribution in [-0.4, -0.2) is 35.8 Å². The molecule has 2 rings (SSSR count). The van der Waals surface area contributed by atoms with Crippen LogP contribution in [0.3, 0.4) is 0 Å². The first-order chi connectivity index (χ1) is 6.59. The molecule has 1 N–H and O–H groups in total. The standard InChI is InChI=1S/C10H16N2O2/c1-6(2)7-3-8-10(14)11-4-9(13)12(8)5-7/h6-8H,3-5H2,1-2H3,(H,11,14). The highest BCUT2D eigenvalue weighted by atomic mass is 16.2. The molecule has 2 fully saturated rings. The number of carbonyl (C=O) groups is 2. The van der Waals surface area contributed by atoms with Gasteiger partial charge in [0.05, 0.1) is 6.54 Å². The first-order valence-corrected chi connectivity index (χ1v) is 5.16. The van der Waals surface area contributed by atoms with Crippen LogP contribution >= 0.6 is 0 Å². The van der Waals surface area contributed by atoms with E-state index in [0.717, 1.165) is 13.0 Å². The van der Waals surface area contributed by atoms with Crippen molar-refractivity contribution >= 4 is 11.8 Å². The Morgan fingerprint density at radius 3 is 2.71 bits per heavy atom. The van der Waals surface area contributed by atoms with Crippen molar-refractivity contribution in [1.29, 1.82) is 0 Å². The van der Waals surface area contributed by atoms with Crippen LogP contribution in [0.15, 0.2) is 0 Å². The van der Waals surface area contributed by atoms with Crippen molar-refractivity contribution < 1.29 is 9.59 Å². The zero-order valence-electron chi connectivity index (χ0n) is 8.62. The van der Waals surface area contributed by atoms with Gasteiger partial charge in [-0.1, -0.05) is 13.8 Å². The minimum absolute atomic E-state index is 0.0211. The summed E-state index contributed by atoms with van der Waals surface area (Å²) in [7, 11) is 0. The molecule has 0 spiro atoms. The summed E-state index contributed by atoms with van der Waals surface area (Å²) in [6.45, 7) is 5.23. The maximum absolute atomic E-state index is 11.5. The number of amides is 2. The van der Waals surface area contributed by atoms with Gasteiger partial charge in [0.2, 0.25) is 11.8 Å². The molecule has 14 heavy (non-hydrogen) atoms. The summed E-state index contributed by atoms with van der Waals surface area (Å²) in [4.78, 5) is 24.7. The molecule has 0 aromatic rings. The van der Waals surface area contributed by atoms with Crippen LogP contribution in [0.1, 0.15) is 20.3 Å². The second kappa shape index (κ2) is 3.26. The van der Waals surface area contributed by atoms with Gasteiger partial charge in [-0.05, 0) is 18.3 Å². The summed E-state index contributed by atoms with van der Waals surface area (Å²) in [6.07, 6.45) is 0.829. The normalized spacial score (nSPS) is 32.1. The quantitative estimate of drug-likeness (QED) is 0.641. The first-order valence-electron chi connectivity index (χ1n) is 5.16. The predicted molar refractivity (Wildman–Crippen MR) is 51.5 cm³/mol. The molecule has 4 nitrogen and oxygen atoms in total. The van der Waals surface area contributed by atoms with E-state index in [4.69, 9.17) is 0 Å². The van der Waals surface area contributed by atoms with Gasteiger partial charge in [0.25, 0.3) is 0 Å². The summed E-state index contributed by atoms with van der Waals surface area (Å²) < 4.78 is 0. The summed E-state index contributed by atoms with van der Waals surface area (Å²) in [5.74, 6) is 1.11. The van der Waals surface area contributed by atoms with Gasteiger partial charge in [-0.25, -0.2) is 0 Å². The van der Waals surface area contributed by atoms with Gasteiger partial charge in [0.15, 0.2) is 0 Å². The molecule has 2 aliphatic heterocycles. The van der Waals surface area contributed by atoms with Gasteiger partial charge < -0.3 is 10.2 Å². The minimum atomic E-state index is -0.191. The van der Waals surface area contributed by atoms with Crippen molar-refractivity contribution in [2.75, 3.05) is 13.1 Å². The van der Waals surface area contributed by atoms with E-state index >= 15 is 0 Å². The monoisotopic (exact) mass is 196 g/mol. The van der Waals surface area contributed by atoms with Crippen molar-refractivity contribution in [2.24, 2.45) is 11.8 Å². The fourth-order valence-corrected chi connectivity index (χ4v) is 2.26. The SMILES string of the molecule is CC(C)C1CC2C(=O)NCC(=O)N2C1. The Hall–Kier alpha value is -1.06. The van der Waals surface area contributed by atoms with E-state index < -0.39 is 0 Å². The maximum Gasteiger partial charge on any atom is 0.243 e. The summed E-state index contributed by atoms with van der Waals surface area (Å²) in [5, 5.41) is 2.63. The molecule has 0 aliphatic carbocycles. The lowest BCUT2D eigenvalue weighted by atomic mass is 9.93. The molecule has 78 valence electrons. The molecule has 2 unspecified atom stereocenters. The van der Waals surface area contributed by atoms with E-state index in [-0.39, 0.29) is 24.4 Å². The fourth-order valence-electron chi connectivity index (χ4n) is 2.26. The number of nitrogens with zero attached hydrogens (tertiary/aromatic N) is 1. The van der Waals surface area contributed by atoms with Crippen LogP contribution in [0.25, 0.3) is 0 Å². The molecular weight excluding hydrogens is 180 g/mol. The highest BCUT2D eigenvalue weighted by molar-refractivity contribution is 5.95. The number of carbonyl (C=O) groups excluding carboxylic acids is 2. The zero-order valence-corrected chi connectivity index (χ0v) is 8.62. The Morgan fingerprint density at radius 1 is 1.43 bits per heavy atom. The van der Waals surface area contributed by atoms with Crippen molar-refractivity contribution in [3.63, 3.8) is 0 Å². The summed E-state index contributed by atoms with van der Waals surface area (Å²) >= 11 is 0. The Labute approximate surface area is 83.6 Å². The van der Waals surface area contributed by atoms with Crippen molar-refractivity contribution in [2.45, 2.75) is 26.3 Å². The molecule has 0 saturated carbocycles. The average molecular weight is 196 g/mol. The topological polar surface area (TPSA) is 49.4 Å². The highest BCUT2D eigenvalue weighted by Crippen LogP contribution is 2.30. The molecule has 4 heteroatoms. The number of rotatable bonds is 1. The van der Waals surface area contributed by atoms with E-state index in [2.05, 4.69) is 19.2 Å². The summed E-state index contributed by atoms with van der Waals surface area (Å²) in [5.41, 5.74) is 0. The lowest BCUT2D eigenvalue weighted by Crippen LogP contribution is -2.55. The van der Waals surface area contributed by atoms with E-state index in [1.165, 1.54) is 0 Å². The third kappa shape index (κ3) is 1.38. The second-order valence-electron chi connectivity index (χ2n) is 4.52. The molecule has 2 saturated heterocycles. The Kier molecular flexibility index (Phi) is 2.21. The molecular formula is C10H16N2O2. The molecule has 2 atom stereocenters. The van der Waals surface area contributed by atoms with Crippen LogP contribution in [0.2, 0.25) is 0 Å². The number of piperazine rings is 1. The van der Waals surface area contributed by atoms with Crippen LogP contribution in [0.5, 0.6) is 0 Å². The van der Waals surface area contributed by atoms with E-state index in [0.29, 0.717) is 11.8 Å². The lowest BCUT2D eigenvalue weighted by Gasteiger charge is -2.28. The predicted octanol–water partition coefficient (Wildman–Crippen LogP) is -0.0107. The molecule has 0 radical (unpaired) electrons. The number of fused-ring (bicyclic) bond motifs is 1. The smallest absolute Gasteiger partial charge is 0.243 e. The lowest BCUT2D eigenvalue weighted by molar-refractivity contribution is -0.143. The first kappa shape index (κ1) is 9.49. The average Bonchev–Trinajstić information content (AvgIpc) is 2.57. The number of nitrogens with one attached hydrogen (secondary N) is 1. The molecule has 2 amide bonds. The molecule has 0 aromatic carbocycles. The van der Waals surface area contributed by atoms with E-state index in [1.807, 2.05) is 0 Å². The molecule has 0 bridgehead atoms. The number of hydrogen-bond donors (Lipinski definition) is 1. The molecule has 2 aliphatic rings.